The van der Waals surface area contributed by atoms with Gasteiger partial charge in [0.15, 0.2) is 0 Å². The Bertz CT molecular complexity index is 1400. The van der Waals surface area contributed by atoms with Crippen molar-refractivity contribution in [1.29, 1.82) is 0 Å². The van der Waals surface area contributed by atoms with Gasteiger partial charge in [0.1, 0.15) is 35.0 Å². The third-order valence-electron chi connectivity index (χ3n) is 5.03. The molecule has 2 aromatic heterocycles. The Hall–Kier alpha value is -3.25. The van der Waals surface area contributed by atoms with E-state index in [2.05, 4.69) is 9.97 Å². The van der Waals surface area contributed by atoms with Crippen LogP contribution >= 0.6 is 11.3 Å². The summed E-state index contributed by atoms with van der Waals surface area (Å²) < 4.78 is 54.4. The normalized spacial score (nSPS) is 12.5. The van der Waals surface area contributed by atoms with Crippen LogP contribution < -0.4 is 14.6 Å². The number of primary sulfonamides is 1. The zero-order valence-electron chi connectivity index (χ0n) is 19.0. The van der Waals surface area contributed by atoms with Gasteiger partial charge in [0.2, 0.25) is 10.0 Å². The number of hydrogen-bond acceptors (Lipinski definition) is 7. The van der Waals surface area contributed by atoms with E-state index in [1.807, 2.05) is 36.6 Å². The lowest BCUT2D eigenvalue weighted by Gasteiger charge is -2.16. The summed E-state index contributed by atoms with van der Waals surface area (Å²) in [5.41, 5.74) is 2.70. The van der Waals surface area contributed by atoms with Crippen LogP contribution in [-0.2, 0) is 21.4 Å². The quantitative estimate of drug-likeness (QED) is 0.318. The largest absolute Gasteiger partial charge is 0.489 e. The average molecular weight is 518 g/mol. The molecule has 4 rings (SSSR count). The molecule has 4 aromatic rings. The molecule has 8 nitrogen and oxygen atoms in total. The van der Waals surface area contributed by atoms with Crippen LogP contribution in [-0.4, -0.2) is 38.2 Å². The maximum absolute atomic E-state index is 14.5. The molecule has 0 bridgehead atoms. The highest BCUT2D eigenvalue weighted by Crippen LogP contribution is 2.32. The molecule has 184 valence electrons. The summed E-state index contributed by atoms with van der Waals surface area (Å²) in [5.74, 6) is 0.273. The van der Waals surface area contributed by atoms with Crippen molar-refractivity contribution < 1.29 is 27.0 Å². The minimum absolute atomic E-state index is 0.123. The molecule has 0 saturated heterocycles. The zero-order valence-corrected chi connectivity index (χ0v) is 20.7. The fraction of sp³-hybridized carbons (Fsp3) is 0.208. The van der Waals surface area contributed by atoms with Gasteiger partial charge in [-0.15, -0.1) is 11.3 Å². The first-order valence-corrected chi connectivity index (χ1v) is 13.0. The van der Waals surface area contributed by atoms with Crippen LogP contribution in [0, 0.1) is 5.82 Å². The number of rotatable bonds is 10. The number of ether oxygens (including phenoxy) is 3. The van der Waals surface area contributed by atoms with Crippen molar-refractivity contribution in [2.75, 3.05) is 13.7 Å². The van der Waals surface area contributed by atoms with Crippen molar-refractivity contribution in [1.82, 2.24) is 9.97 Å². The van der Waals surface area contributed by atoms with Crippen LogP contribution in [0.25, 0.3) is 22.0 Å². The highest BCUT2D eigenvalue weighted by Gasteiger charge is 2.14. The molecule has 0 fully saturated rings. The summed E-state index contributed by atoms with van der Waals surface area (Å²) in [6.07, 6.45) is 1.54. The SMILES string of the molecule is COC[C@H](C)Oc1cc(OCc2ccc(S(N)(=O)=O)cc2F)cc(-c2ccc(-c3nccs3)[nH]2)c1. The number of thiazole rings is 1. The van der Waals surface area contributed by atoms with Gasteiger partial charge in [0.05, 0.1) is 17.2 Å². The first-order chi connectivity index (χ1) is 16.7. The number of methoxy groups -OCH3 is 1. The van der Waals surface area contributed by atoms with E-state index in [1.165, 1.54) is 23.5 Å². The van der Waals surface area contributed by atoms with Crippen molar-refractivity contribution in [2.45, 2.75) is 24.5 Å². The van der Waals surface area contributed by atoms with E-state index in [-0.39, 0.29) is 23.2 Å². The zero-order chi connectivity index (χ0) is 25.0. The molecule has 0 aliphatic carbocycles. The minimum atomic E-state index is -4.00. The lowest BCUT2D eigenvalue weighted by Crippen LogP contribution is -2.18. The van der Waals surface area contributed by atoms with Gasteiger partial charge in [-0.2, -0.15) is 0 Å². The molecule has 0 spiro atoms. The Labute approximate surface area is 206 Å². The van der Waals surface area contributed by atoms with Gasteiger partial charge in [-0.05, 0) is 43.3 Å². The van der Waals surface area contributed by atoms with E-state index in [9.17, 15) is 12.8 Å². The van der Waals surface area contributed by atoms with E-state index in [4.69, 9.17) is 19.3 Å². The molecular formula is C24H24FN3O5S2. The Balaban J connectivity index is 1.61. The lowest BCUT2D eigenvalue weighted by molar-refractivity contribution is 0.0919. The second-order valence-corrected chi connectivity index (χ2v) is 10.2. The van der Waals surface area contributed by atoms with E-state index in [1.54, 1.807) is 19.4 Å². The van der Waals surface area contributed by atoms with Gasteiger partial charge in [0.25, 0.3) is 0 Å². The summed E-state index contributed by atoms with van der Waals surface area (Å²) in [6.45, 7) is 2.16. The van der Waals surface area contributed by atoms with Gasteiger partial charge < -0.3 is 19.2 Å². The molecule has 2 aromatic carbocycles. The van der Waals surface area contributed by atoms with Crippen molar-refractivity contribution in [3.05, 3.63) is 71.5 Å². The smallest absolute Gasteiger partial charge is 0.238 e. The van der Waals surface area contributed by atoms with E-state index in [0.29, 0.717) is 18.1 Å². The monoisotopic (exact) mass is 517 g/mol. The second kappa shape index (κ2) is 10.6. The van der Waals surface area contributed by atoms with Gasteiger partial charge in [-0.1, -0.05) is 6.07 Å². The third-order valence-corrected chi connectivity index (χ3v) is 6.74. The Morgan fingerprint density at radius 3 is 2.57 bits per heavy atom. The van der Waals surface area contributed by atoms with E-state index >= 15 is 0 Å². The maximum Gasteiger partial charge on any atom is 0.238 e. The molecule has 2 heterocycles. The molecule has 0 amide bonds. The maximum atomic E-state index is 14.5. The number of nitrogens with one attached hydrogen (secondary N) is 1. The molecule has 11 heteroatoms. The number of benzene rings is 2. The number of aromatic amines is 1. The van der Waals surface area contributed by atoms with Gasteiger partial charge in [-0.3, -0.25) is 0 Å². The van der Waals surface area contributed by atoms with Crippen LogP contribution in [0.15, 0.2) is 65.0 Å². The predicted octanol–water partition coefficient (Wildman–Crippen LogP) is 4.58. The number of nitrogens with two attached hydrogens (primary N) is 1. The molecule has 0 saturated carbocycles. The highest BCUT2D eigenvalue weighted by atomic mass is 32.2. The van der Waals surface area contributed by atoms with Gasteiger partial charge >= 0.3 is 0 Å². The molecule has 0 unspecified atom stereocenters. The van der Waals surface area contributed by atoms with Crippen LogP contribution in [0.5, 0.6) is 11.5 Å². The number of sulfonamides is 1. The van der Waals surface area contributed by atoms with Crippen LogP contribution in [0.2, 0.25) is 0 Å². The van der Waals surface area contributed by atoms with Gasteiger partial charge in [-0.25, -0.2) is 22.9 Å². The second-order valence-electron chi connectivity index (χ2n) is 7.79. The topological polar surface area (TPSA) is 117 Å². The Morgan fingerprint density at radius 2 is 1.89 bits per heavy atom. The fourth-order valence-electron chi connectivity index (χ4n) is 3.41. The molecule has 0 aliphatic heterocycles. The van der Waals surface area contributed by atoms with Crippen LogP contribution in [0.1, 0.15) is 12.5 Å². The Kier molecular flexibility index (Phi) is 7.51. The first-order valence-electron chi connectivity index (χ1n) is 10.6. The lowest BCUT2D eigenvalue weighted by atomic mass is 10.1. The first kappa shape index (κ1) is 24.9. The standard InChI is InChI=1S/C24H24FN3O5S2/c1-15(13-31-2)33-19-10-17(22-5-6-23(28-22)24-27-7-8-34-24)9-18(11-19)32-14-16-3-4-20(12-21(16)25)35(26,29)30/h3-12,15,28H,13-14H2,1-2H3,(H2,26,29,30)/t15-/m0/s1. The number of nitrogens with zero attached hydrogens (tertiary/aromatic N) is 1. The van der Waals surface area contributed by atoms with E-state index < -0.39 is 15.8 Å². The van der Waals surface area contributed by atoms with E-state index in [0.717, 1.165) is 28.0 Å². The van der Waals surface area contributed by atoms with Crippen molar-refractivity contribution in [3.8, 4) is 33.5 Å². The molecular weight excluding hydrogens is 493 g/mol. The highest BCUT2D eigenvalue weighted by molar-refractivity contribution is 7.89. The fourth-order valence-corrected chi connectivity index (χ4v) is 4.55. The number of aromatic nitrogens is 2. The van der Waals surface area contributed by atoms with Crippen molar-refractivity contribution in [2.24, 2.45) is 5.14 Å². The number of halogens is 1. The van der Waals surface area contributed by atoms with Gasteiger partial charge in [0, 0.05) is 41.6 Å². The predicted molar refractivity (Wildman–Crippen MR) is 131 cm³/mol. The summed E-state index contributed by atoms with van der Waals surface area (Å²) in [4.78, 5) is 7.38. The summed E-state index contributed by atoms with van der Waals surface area (Å²) in [5, 5.41) is 7.84. The Morgan fingerprint density at radius 1 is 1.11 bits per heavy atom. The van der Waals surface area contributed by atoms with Crippen LogP contribution in [0.4, 0.5) is 4.39 Å². The minimum Gasteiger partial charge on any atom is -0.489 e. The van der Waals surface area contributed by atoms with Crippen molar-refractivity contribution in [3.63, 3.8) is 0 Å². The van der Waals surface area contributed by atoms with Crippen LogP contribution in [0.3, 0.4) is 0 Å². The molecule has 0 aliphatic rings. The average Bonchev–Trinajstić information content (AvgIpc) is 3.50. The van der Waals surface area contributed by atoms with Crippen molar-refractivity contribution >= 4 is 21.4 Å². The third kappa shape index (κ3) is 6.25. The summed E-state index contributed by atoms with van der Waals surface area (Å²) >= 11 is 1.53. The molecule has 0 radical (unpaired) electrons. The number of hydrogen-bond donors (Lipinski definition) is 2. The number of H-pyrrole nitrogens is 1. The summed E-state index contributed by atoms with van der Waals surface area (Å²) in [6, 6.07) is 12.7. The summed E-state index contributed by atoms with van der Waals surface area (Å²) in [7, 11) is -2.40. The molecule has 3 N–H and O–H groups in total. The molecule has 35 heavy (non-hydrogen) atoms. The molecule has 1 atom stereocenters.